The van der Waals surface area contributed by atoms with Crippen LogP contribution in [-0.4, -0.2) is 24.9 Å². The van der Waals surface area contributed by atoms with Crippen LogP contribution >= 0.6 is 0 Å². The van der Waals surface area contributed by atoms with Gasteiger partial charge in [-0.2, -0.15) is 0 Å². The molecule has 0 N–H and O–H groups in total. The number of hydrogen-bond donors (Lipinski definition) is 0. The minimum Gasteiger partial charge on any atom is -0.228 e. The van der Waals surface area contributed by atoms with Gasteiger partial charge >= 0.3 is 0 Å². The van der Waals surface area contributed by atoms with Crippen LogP contribution in [0.3, 0.4) is 0 Å². The molecule has 12 aromatic rings. The summed E-state index contributed by atoms with van der Waals surface area (Å²) < 4.78 is 0. The van der Waals surface area contributed by atoms with Crippen LogP contribution in [0.2, 0.25) is 0 Å². The molecule has 9 aliphatic rings. The van der Waals surface area contributed by atoms with E-state index in [0.717, 1.165) is 81.8 Å². The van der Waals surface area contributed by atoms with Gasteiger partial charge in [0, 0.05) is 67.9 Å². The van der Waals surface area contributed by atoms with Crippen LogP contribution in [0, 0.1) is 23.2 Å². The van der Waals surface area contributed by atoms with E-state index in [9.17, 15) is 0 Å². The van der Waals surface area contributed by atoms with Crippen LogP contribution in [0.5, 0.6) is 0 Å². The largest absolute Gasteiger partial charge is 0.228 e. The second kappa shape index (κ2) is 24.4. The molecule has 4 atom stereocenters. The molecule has 0 aliphatic heterocycles. The Bertz CT molecular complexity index is 6050. The second-order valence-electron chi connectivity index (χ2n) is 31.6. The van der Waals surface area contributed by atoms with E-state index in [2.05, 4.69) is 331 Å². The highest BCUT2D eigenvalue weighted by Crippen LogP contribution is 2.66. The Kier molecular flexibility index (Phi) is 14.4. The molecule has 0 fully saturated rings. The first-order chi connectivity index (χ1) is 52.5. The fourth-order valence-corrected chi connectivity index (χ4v) is 19.5. The fourth-order valence-electron chi connectivity index (χ4n) is 19.5. The van der Waals surface area contributed by atoms with E-state index >= 15 is 0 Å². The number of aromatic nitrogens is 5. The lowest BCUT2D eigenvalue weighted by Gasteiger charge is -2.36. The fraction of sp³-hybridized carbons (Fsp3) is 0.147. The predicted molar refractivity (Wildman–Crippen MR) is 437 cm³/mol. The van der Waals surface area contributed by atoms with Crippen molar-refractivity contribution < 1.29 is 0 Å². The molecule has 1 spiro atoms. The normalized spacial score (nSPS) is 20.0. The zero-order chi connectivity index (χ0) is 71.3. The van der Waals surface area contributed by atoms with Gasteiger partial charge in [0.25, 0.3) is 0 Å². The molecule has 0 saturated carbocycles. The van der Waals surface area contributed by atoms with Crippen molar-refractivity contribution in [2.45, 2.75) is 70.1 Å². The topological polar surface area (TPSA) is 64.5 Å². The molecule has 0 radical (unpaired) electrons. The Hall–Kier alpha value is -12.3. The molecule has 2 aromatic heterocycles. The second-order valence-corrected chi connectivity index (χ2v) is 31.6. The maximum absolute atomic E-state index is 5.56. The van der Waals surface area contributed by atoms with E-state index in [4.69, 9.17) is 24.9 Å². The number of nitrogens with zero attached hydrogens (tertiary/aromatic N) is 5. The van der Waals surface area contributed by atoms with Crippen molar-refractivity contribution in [2.24, 2.45) is 23.2 Å². The molecule has 0 bridgehead atoms. The molecule has 21 rings (SSSR count). The smallest absolute Gasteiger partial charge is 0.164 e. The summed E-state index contributed by atoms with van der Waals surface area (Å²) in [6, 6.07) is 91.3. The van der Waals surface area contributed by atoms with Gasteiger partial charge in [-0.1, -0.05) is 337 Å². The zero-order valence-electron chi connectivity index (χ0n) is 60.5. The Morgan fingerprint density at radius 1 is 0.364 bits per heavy atom. The summed E-state index contributed by atoms with van der Waals surface area (Å²) in [5.41, 5.74) is 36.9. The van der Waals surface area contributed by atoms with Crippen LogP contribution < -0.4 is 0 Å². The number of hydrogen-bond acceptors (Lipinski definition) is 5. The molecule has 9 aliphatic carbocycles. The highest BCUT2D eigenvalue weighted by Gasteiger charge is 2.54. The Balaban J connectivity index is 0.578. The van der Waals surface area contributed by atoms with E-state index in [0.29, 0.717) is 23.4 Å². The maximum Gasteiger partial charge on any atom is 0.164 e. The summed E-state index contributed by atoms with van der Waals surface area (Å²) in [4.78, 5) is 26.5. The van der Waals surface area contributed by atoms with E-state index in [-0.39, 0.29) is 28.6 Å². The van der Waals surface area contributed by atoms with Crippen LogP contribution in [0.25, 0.3) is 112 Å². The summed E-state index contributed by atoms with van der Waals surface area (Å²) in [6.45, 7) is 9.63. The van der Waals surface area contributed by atoms with Crippen molar-refractivity contribution in [1.82, 2.24) is 24.9 Å². The van der Waals surface area contributed by atoms with Crippen molar-refractivity contribution in [2.75, 3.05) is 0 Å². The minimum atomic E-state index is -0.499. The molecule has 0 amide bonds. The van der Waals surface area contributed by atoms with Gasteiger partial charge in [0.1, 0.15) is 0 Å². The summed E-state index contributed by atoms with van der Waals surface area (Å²) in [5.74, 6) is 3.77. The van der Waals surface area contributed by atoms with Gasteiger partial charge in [-0.05, 0) is 161 Å². The van der Waals surface area contributed by atoms with Crippen LogP contribution in [0.4, 0.5) is 0 Å². The molecule has 5 heteroatoms. The first-order valence-corrected chi connectivity index (χ1v) is 38.2. The average Bonchev–Trinajstić information content (AvgIpc) is 1.51. The summed E-state index contributed by atoms with van der Waals surface area (Å²) in [5, 5.41) is 0. The lowest BCUT2D eigenvalue weighted by molar-refractivity contribution is 0.559. The molecule has 5 nitrogen and oxygen atoms in total. The summed E-state index contributed by atoms with van der Waals surface area (Å²) in [6.07, 6.45) is 32.6. The van der Waals surface area contributed by atoms with E-state index < -0.39 is 5.41 Å². The number of benzene rings is 10. The highest BCUT2D eigenvalue weighted by atomic mass is 15.0. The SMILES string of the molecule is CC1(C)C2=CC(c3ccc(-c4nc(-c5ccccc5)nc(-c5ccc(-c6ccc7c(c6)C(C)(C)c6ccccc6-7)cc5)n4)cc3)CC=C2C2=C1C=C(C1C=CC3=C(C1)C1(c4cc(-c5cc(-c6ccc(-c7ccccc7)cc6)nc(C6=CC7C=CC=CC7C=C6)n5)ccc43)c3ccccc3-c3ccccc31)CC2. The predicted octanol–water partition coefficient (Wildman–Crippen LogP) is 24.7. The molecule has 4 unspecified atom stereocenters. The van der Waals surface area contributed by atoms with Gasteiger partial charge in [0.2, 0.25) is 0 Å². The minimum absolute atomic E-state index is 0.0702. The van der Waals surface area contributed by atoms with E-state index in [1.54, 1.807) is 0 Å². The monoisotopic (exact) mass is 1370 g/mol. The van der Waals surface area contributed by atoms with Gasteiger partial charge in [-0.3, -0.25) is 0 Å². The standard InChI is InChI=1S/C102H77N5/c1-100(2)86-28-16-13-25-78(86)81-50-45-72(56-89(81)100)65-33-40-69(41-34-65)97-105-96(68-22-9-6-10-23-68)106-98(107-97)70-42-35-66(36-43-70)73-46-51-82-83-52-47-74(58-91(83)101(3,4)90(82)57-73)75-48-53-84-85-54-49-76(60-93(85)102(92(84)59-75)87-29-17-14-26-79(87)80-27-15-18-30-88(80)102)95-61-94(67-38-31-64(32-39-67)62-19-7-5-8-20-62)103-99(104-95)77-44-37-63-21-11-12-24-71(63)55-77/h5-45,48-51,53-58,60-61,63,71,73,75H,46-47,52,59H2,1-4H3. The van der Waals surface area contributed by atoms with Crippen molar-refractivity contribution in [3.8, 4) is 101 Å². The van der Waals surface area contributed by atoms with Gasteiger partial charge in [-0.15, -0.1) is 0 Å². The molecular formula is C102H77N5. The molecule has 2 heterocycles. The number of rotatable bonds is 10. The van der Waals surface area contributed by atoms with E-state index in [1.165, 1.54) is 117 Å². The van der Waals surface area contributed by atoms with Crippen molar-refractivity contribution in [3.63, 3.8) is 0 Å². The third-order valence-corrected chi connectivity index (χ3v) is 25.0. The van der Waals surface area contributed by atoms with Crippen molar-refractivity contribution in [3.05, 3.63) is 400 Å². The quantitative estimate of drug-likeness (QED) is 0.137. The lowest BCUT2D eigenvalue weighted by Crippen LogP contribution is -2.29. The Labute approximate surface area is 626 Å². The maximum atomic E-state index is 5.56. The van der Waals surface area contributed by atoms with Crippen molar-refractivity contribution >= 4 is 11.1 Å². The van der Waals surface area contributed by atoms with Crippen molar-refractivity contribution in [1.29, 1.82) is 0 Å². The molecule has 10 aromatic carbocycles. The highest BCUT2D eigenvalue weighted by molar-refractivity contribution is 5.98. The Morgan fingerprint density at radius 3 is 1.58 bits per heavy atom. The molecule has 0 saturated heterocycles. The third-order valence-electron chi connectivity index (χ3n) is 25.0. The third kappa shape index (κ3) is 10.1. The Morgan fingerprint density at radius 2 is 0.888 bits per heavy atom. The lowest BCUT2D eigenvalue weighted by atomic mass is 9.66. The van der Waals surface area contributed by atoms with Gasteiger partial charge in [0.15, 0.2) is 23.3 Å². The molecular weight excluding hydrogens is 1300 g/mol. The first kappa shape index (κ1) is 63.2. The number of allylic oxidation sites excluding steroid dienone is 20. The molecule has 107 heavy (non-hydrogen) atoms. The van der Waals surface area contributed by atoms with E-state index in [1.807, 2.05) is 18.2 Å². The van der Waals surface area contributed by atoms with Gasteiger partial charge in [-0.25, -0.2) is 24.9 Å². The van der Waals surface area contributed by atoms with Gasteiger partial charge < -0.3 is 0 Å². The summed E-state index contributed by atoms with van der Waals surface area (Å²) >= 11 is 0. The van der Waals surface area contributed by atoms with Crippen LogP contribution in [0.15, 0.2) is 355 Å². The van der Waals surface area contributed by atoms with Crippen LogP contribution in [0.1, 0.15) is 104 Å². The summed E-state index contributed by atoms with van der Waals surface area (Å²) in [7, 11) is 0. The van der Waals surface area contributed by atoms with Gasteiger partial charge in [0.05, 0.1) is 16.8 Å². The molecule has 510 valence electrons. The van der Waals surface area contributed by atoms with Crippen LogP contribution in [-0.2, 0) is 10.8 Å². The first-order valence-electron chi connectivity index (χ1n) is 38.2. The number of fused-ring (bicyclic) bond motifs is 15. The average molecular weight is 1370 g/mol. The zero-order valence-corrected chi connectivity index (χ0v) is 60.5.